The van der Waals surface area contributed by atoms with Gasteiger partial charge in [-0.15, -0.1) is 0 Å². The SMILES string of the molecule is CC(C)C(=O)OC(C)(C)CCOC(C)(C)C. The molecule has 0 aromatic rings. The summed E-state index contributed by atoms with van der Waals surface area (Å²) in [5.41, 5.74) is -0.593. The minimum atomic E-state index is -0.452. The highest BCUT2D eigenvalue weighted by atomic mass is 16.6. The van der Waals surface area contributed by atoms with E-state index in [1.54, 1.807) is 0 Å². The highest BCUT2D eigenvalue weighted by molar-refractivity contribution is 5.71. The zero-order valence-corrected chi connectivity index (χ0v) is 11.7. The van der Waals surface area contributed by atoms with Crippen molar-refractivity contribution in [3.63, 3.8) is 0 Å². The quantitative estimate of drug-likeness (QED) is 0.680. The van der Waals surface area contributed by atoms with Gasteiger partial charge in [-0.3, -0.25) is 4.79 Å². The second-order valence-electron chi connectivity index (χ2n) is 6.05. The van der Waals surface area contributed by atoms with E-state index < -0.39 is 5.60 Å². The molecule has 16 heavy (non-hydrogen) atoms. The fourth-order valence-corrected chi connectivity index (χ4v) is 1.04. The van der Waals surface area contributed by atoms with Crippen LogP contribution in [0.3, 0.4) is 0 Å². The van der Waals surface area contributed by atoms with Gasteiger partial charge in [0, 0.05) is 6.42 Å². The van der Waals surface area contributed by atoms with E-state index >= 15 is 0 Å². The van der Waals surface area contributed by atoms with Gasteiger partial charge in [-0.05, 0) is 34.6 Å². The predicted octanol–water partition coefficient (Wildman–Crippen LogP) is 3.17. The Balaban J connectivity index is 4.01. The molecule has 0 N–H and O–H groups in total. The van der Waals surface area contributed by atoms with Crippen molar-refractivity contribution in [2.75, 3.05) is 6.61 Å². The van der Waals surface area contributed by atoms with Gasteiger partial charge in [-0.2, -0.15) is 0 Å². The van der Waals surface area contributed by atoms with E-state index in [0.717, 1.165) is 0 Å². The van der Waals surface area contributed by atoms with Crippen LogP contribution in [0, 0.1) is 5.92 Å². The van der Waals surface area contributed by atoms with Crippen molar-refractivity contribution >= 4 is 5.97 Å². The molecule has 3 heteroatoms. The van der Waals surface area contributed by atoms with Gasteiger partial charge in [-0.1, -0.05) is 13.8 Å². The summed E-state index contributed by atoms with van der Waals surface area (Å²) >= 11 is 0. The fraction of sp³-hybridized carbons (Fsp3) is 0.923. The van der Waals surface area contributed by atoms with Gasteiger partial charge < -0.3 is 9.47 Å². The molecule has 0 radical (unpaired) electrons. The highest BCUT2D eigenvalue weighted by Gasteiger charge is 2.25. The van der Waals surface area contributed by atoms with Crippen molar-refractivity contribution in [3.8, 4) is 0 Å². The molecule has 0 atom stereocenters. The molecule has 0 bridgehead atoms. The van der Waals surface area contributed by atoms with Crippen LogP contribution in [0.1, 0.15) is 54.9 Å². The first-order valence-electron chi connectivity index (χ1n) is 5.90. The molecule has 0 amide bonds. The van der Waals surface area contributed by atoms with Gasteiger partial charge >= 0.3 is 5.97 Å². The van der Waals surface area contributed by atoms with Crippen LogP contribution in [0.25, 0.3) is 0 Å². The number of esters is 1. The van der Waals surface area contributed by atoms with Crippen molar-refractivity contribution < 1.29 is 14.3 Å². The van der Waals surface area contributed by atoms with E-state index in [0.29, 0.717) is 13.0 Å². The topological polar surface area (TPSA) is 35.5 Å². The molecule has 0 saturated carbocycles. The molecule has 3 nitrogen and oxygen atoms in total. The monoisotopic (exact) mass is 230 g/mol. The lowest BCUT2D eigenvalue weighted by Crippen LogP contribution is -2.33. The summed E-state index contributed by atoms with van der Waals surface area (Å²) in [6.45, 7) is 14.1. The van der Waals surface area contributed by atoms with Crippen LogP contribution in [0.4, 0.5) is 0 Å². The first-order valence-corrected chi connectivity index (χ1v) is 5.90. The third kappa shape index (κ3) is 7.69. The molecule has 0 aliphatic carbocycles. The average Bonchev–Trinajstić information content (AvgIpc) is 1.99. The molecule has 0 unspecified atom stereocenters. The molecule has 0 spiro atoms. The maximum Gasteiger partial charge on any atom is 0.308 e. The van der Waals surface area contributed by atoms with E-state index in [4.69, 9.17) is 9.47 Å². The Morgan fingerprint density at radius 3 is 2.00 bits per heavy atom. The van der Waals surface area contributed by atoms with Gasteiger partial charge in [-0.25, -0.2) is 0 Å². The maximum absolute atomic E-state index is 11.5. The standard InChI is InChI=1S/C13H26O3/c1-10(2)11(14)16-13(6,7)8-9-15-12(3,4)5/h10H,8-9H2,1-7H3. The minimum Gasteiger partial charge on any atom is -0.459 e. The van der Waals surface area contributed by atoms with Crippen LogP contribution in [-0.2, 0) is 14.3 Å². The summed E-state index contributed by atoms with van der Waals surface area (Å²) in [4.78, 5) is 11.5. The molecule has 0 heterocycles. The van der Waals surface area contributed by atoms with Crippen LogP contribution in [0.5, 0.6) is 0 Å². The van der Waals surface area contributed by atoms with Crippen molar-refractivity contribution in [1.82, 2.24) is 0 Å². The van der Waals surface area contributed by atoms with E-state index in [1.165, 1.54) is 0 Å². The predicted molar refractivity (Wildman–Crippen MR) is 65.3 cm³/mol. The number of carbonyl (C=O) groups is 1. The first kappa shape index (κ1) is 15.4. The van der Waals surface area contributed by atoms with Crippen LogP contribution in [-0.4, -0.2) is 23.8 Å². The molecule has 0 aliphatic heterocycles. The normalized spacial score (nSPS) is 13.0. The average molecular weight is 230 g/mol. The Morgan fingerprint density at radius 2 is 1.62 bits per heavy atom. The van der Waals surface area contributed by atoms with E-state index in [2.05, 4.69) is 0 Å². The van der Waals surface area contributed by atoms with Gasteiger partial charge in [0.1, 0.15) is 5.60 Å². The summed E-state index contributed by atoms with van der Waals surface area (Å²) in [7, 11) is 0. The smallest absolute Gasteiger partial charge is 0.308 e. The Hall–Kier alpha value is -0.570. The van der Waals surface area contributed by atoms with Crippen molar-refractivity contribution in [3.05, 3.63) is 0 Å². The van der Waals surface area contributed by atoms with E-state index in [-0.39, 0.29) is 17.5 Å². The van der Waals surface area contributed by atoms with Crippen LogP contribution < -0.4 is 0 Å². The molecule has 0 rings (SSSR count). The molecule has 0 aliphatic rings. The molecule has 0 aromatic heterocycles. The lowest BCUT2D eigenvalue weighted by Gasteiger charge is -2.28. The van der Waals surface area contributed by atoms with Gasteiger partial charge in [0.25, 0.3) is 0 Å². The zero-order valence-electron chi connectivity index (χ0n) is 11.7. The van der Waals surface area contributed by atoms with Crippen LogP contribution in [0.15, 0.2) is 0 Å². The summed E-state index contributed by atoms with van der Waals surface area (Å²) in [5, 5.41) is 0. The third-order valence-electron chi connectivity index (χ3n) is 2.09. The highest BCUT2D eigenvalue weighted by Crippen LogP contribution is 2.18. The van der Waals surface area contributed by atoms with Gasteiger partial charge in [0.15, 0.2) is 0 Å². The molecule has 96 valence electrons. The summed E-state index contributed by atoms with van der Waals surface area (Å²) in [5.74, 6) is -0.233. The zero-order chi connectivity index (χ0) is 13.0. The second-order valence-corrected chi connectivity index (χ2v) is 6.05. The molecule has 0 saturated heterocycles. The third-order valence-corrected chi connectivity index (χ3v) is 2.09. The molecular weight excluding hydrogens is 204 g/mol. The first-order chi connectivity index (χ1) is 7.03. The molecule has 0 aromatic carbocycles. The number of ether oxygens (including phenoxy) is 2. The van der Waals surface area contributed by atoms with Crippen molar-refractivity contribution in [2.45, 2.75) is 66.1 Å². The molecular formula is C13H26O3. The van der Waals surface area contributed by atoms with Gasteiger partial charge in [0.05, 0.1) is 18.1 Å². The second kappa shape index (κ2) is 5.67. The summed E-state index contributed by atoms with van der Waals surface area (Å²) in [6.07, 6.45) is 0.711. The van der Waals surface area contributed by atoms with Gasteiger partial charge in [0.2, 0.25) is 0 Å². The Morgan fingerprint density at radius 1 is 1.12 bits per heavy atom. The van der Waals surface area contributed by atoms with Crippen molar-refractivity contribution in [2.24, 2.45) is 5.92 Å². The summed E-state index contributed by atoms with van der Waals surface area (Å²) < 4.78 is 11.0. The van der Waals surface area contributed by atoms with E-state index in [1.807, 2.05) is 48.5 Å². The Bertz CT molecular complexity index is 224. The lowest BCUT2D eigenvalue weighted by molar-refractivity contribution is -0.162. The maximum atomic E-state index is 11.5. The number of hydrogen-bond donors (Lipinski definition) is 0. The van der Waals surface area contributed by atoms with Crippen LogP contribution >= 0.6 is 0 Å². The lowest BCUT2D eigenvalue weighted by atomic mass is 10.1. The number of hydrogen-bond acceptors (Lipinski definition) is 3. The van der Waals surface area contributed by atoms with Crippen LogP contribution in [0.2, 0.25) is 0 Å². The minimum absolute atomic E-state index is 0.0807. The Kier molecular flexibility index (Phi) is 5.47. The number of rotatable bonds is 5. The van der Waals surface area contributed by atoms with Crippen molar-refractivity contribution in [1.29, 1.82) is 0 Å². The Labute approximate surface area is 99.5 Å². The number of carbonyl (C=O) groups excluding carboxylic acids is 1. The molecule has 0 fully saturated rings. The summed E-state index contributed by atoms with van der Waals surface area (Å²) in [6, 6.07) is 0. The largest absolute Gasteiger partial charge is 0.459 e. The fourth-order valence-electron chi connectivity index (χ4n) is 1.04. The van der Waals surface area contributed by atoms with E-state index in [9.17, 15) is 4.79 Å².